The Balaban J connectivity index is 2.29. The van der Waals surface area contributed by atoms with Crippen LogP contribution in [0.25, 0.3) is 0 Å². The molecule has 0 aromatic heterocycles. The fourth-order valence-corrected chi connectivity index (χ4v) is 4.83. The first-order chi connectivity index (χ1) is 20.3. The highest BCUT2D eigenvalue weighted by Gasteiger charge is 2.38. The van der Waals surface area contributed by atoms with Crippen molar-refractivity contribution in [2.75, 3.05) is 13.1 Å². The molecular weight excluding hydrogens is 582 g/mol. The van der Waals surface area contributed by atoms with Crippen molar-refractivity contribution in [3.63, 3.8) is 0 Å². The lowest BCUT2D eigenvalue weighted by molar-refractivity contribution is -0.141. The molecule has 0 spiro atoms. The summed E-state index contributed by atoms with van der Waals surface area (Å²) in [6.45, 7) is 1.71. The standard InChI is InChI=1S/C27H40ClN9O6/c1-15(38)34-18(4-2-12-33-27(31)32)24(41)35-19(10-11-22(29)39)25(42)36-20(14-16-6-8-17(28)9-7-16)26(43)37-13-3-5-21(37)23(30)40/h6-9,18-21H,2-5,10-14H2,1H3,(H2,29,39)(H2,30,40)(H,34,38)(H,35,41)(H,36,42)(H4,31,32,33)/t18-,19-,20+,21+/m0/s1. The van der Waals surface area contributed by atoms with Crippen LogP contribution in [0.4, 0.5) is 0 Å². The first-order valence-corrected chi connectivity index (χ1v) is 14.2. The quantitative estimate of drug-likeness (QED) is 0.0624. The number of guanidine groups is 1. The summed E-state index contributed by atoms with van der Waals surface area (Å²) in [5.41, 5.74) is 22.1. The number of aliphatic imine (C=N–C) groups is 1. The van der Waals surface area contributed by atoms with Gasteiger partial charge in [-0.15, -0.1) is 0 Å². The average molecular weight is 622 g/mol. The predicted molar refractivity (Wildman–Crippen MR) is 159 cm³/mol. The van der Waals surface area contributed by atoms with Crippen LogP contribution in [0.3, 0.4) is 0 Å². The summed E-state index contributed by atoms with van der Waals surface area (Å²) < 4.78 is 0. The number of halogens is 1. The van der Waals surface area contributed by atoms with Crippen LogP contribution in [0, 0.1) is 0 Å². The third-order valence-electron chi connectivity index (χ3n) is 6.78. The van der Waals surface area contributed by atoms with E-state index in [9.17, 15) is 28.8 Å². The lowest BCUT2D eigenvalue weighted by atomic mass is 10.0. The van der Waals surface area contributed by atoms with Crippen LogP contribution in [0.5, 0.6) is 0 Å². The molecule has 2 rings (SSSR count). The summed E-state index contributed by atoms with van der Waals surface area (Å²) in [4.78, 5) is 80.9. The van der Waals surface area contributed by atoms with Gasteiger partial charge in [0.25, 0.3) is 0 Å². The molecular formula is C27H40ClN9O6. The molecule has 1 aliphatic heterocycles. The van der Waals surface area contributed by atoms with E-state index in [4.69, 9.17) is 34.5 Å². The molecule has 1 heterocycles. The number of primary amides is 2. The van der Waals surface area contributed by atoms with Crippen molar-refractivity contribution in [2.45, 2.75) is 76.0 Å². The molecule has 1 saturated heterocycles. The average Bonchev–Trinajstić information content (AvgIpc) is 3.43. The Labute approximate surface area is 254 Å². The topological polar surface area (TPSA) is 258 Å². The second kappa shape index (κ2) is 16.9. The summed E-state index contributed by atoms with van der Waals surface area (Å²) >= 11 is 6.00. The number of hydrogen-bond donors (Lipinski definition) is 7. The van der Waals surface area contributed by atoms with Crippen molar-refractivity contribution < 1.29 is 28.8 Å². The molecule has 0 saturated carbocycles. The molecule has 1 aromatic carbocycles. The maximum absolute atomic E-state index is 13.6. The summed E-state index contributed by atoms with van der Waals surface area (Å²) in [6, 6.07) is 2.35. The van der Waals surface area contributed by atoms with Gasteiger partial charge in [-0.25, -0.2) is 0 Å². The smallest absolute Gasteiger partial charge is 0.246 e. The van der Waals surface area contributed by atoms with Gasteiger partial charge in [0, 0.05) is 37.9 Å². The van der Waals surface area contributed by atoms with Crippen molar-refractivity contribution >= 4 is 53.0 Å². The van der Waals surface area contributed by atoms with E-state index in [-0.39, 0.29) is 44.7 Å². The molecule has 15 nitrogen and oxygen atoms in total. The second-order valence-electron chi connectivity index (χ2n) is 10.3. The van der Waals surface area contributed by atoms with Crippen LogP contribution in [0.1, 0.15) is 51.0 Å². The summed E-state index contributed by atoms with van der Waals surface area (Å²) in [5.74, 6) is -3.96. The van der Waals surface area contributed by atoms with Crippen LogP contribution < -0.4 is 38.9 Å². The van der Waals surface area contributed by atoms with Crippen molar-refractivity contribution in [1.29, 1.82) is 0 Å². The zero-order chi connectivity index (χ0) is 32.1. The fraction of sp³-hybridized carbons (Fsp3) is 0.519. The van der Waals surface area contributed by atoms with E-state index in [1.807, 2.05) is 0 Å². The number of amides is 6. The van der Waals surface area contributed by atoms with Gasteiger partial charge in [0.05, 0.1) is 0 Å². The zero-order valence-corrected chi connectivity index (χ0v) is 24.8. The monoisotopic (exact) mass is 621 g/mol. The molecule has 1 fully saturated rings. The van der Waals surface area contributed by atoms with Crippen LogP contribution >= 0.6 is 11.6 Å². The molecule has 6 amide bonds. The summed E-state index contributed by atoms with van der Waals surface area (Å²) in [7, 11) is 0. The normalized spacial score (nSPS) is 16.3. The molecule has 4 atom stereocenters. The SMILES string of the molecule is CC(=O)N[C@@H](CCCN=C(N)N)C(=O)N[C@@H](CCC(N)=O)C(=O)N[C@H](Cc1ccc(Cl)cc1)C(=O)N1CCC[C@@H]1C(N)=O. The Morgan fingerprint density at radius 3 is 2.09 bits per heavy atom. The van der Waals surface area contributed by atoms with Crippen LogP contribution in [-0.4, -0.2) is 83.6 Å². The van der Waals surface area contributed by atoms with Crippen LogP contribution in [0.15, 0.2) is 29.3 Å². The molecule has 236 valence electrons. The molecule has 16 heteroatoms. The number of nitrogens with two attached hydrogens (primary N) is 4. The fourth-order valence-electron chi connectivity index (χ4n) is 4.70. The summed E-state index contributed by atoms with van der Waals surface area (Å²) in [6.07, 6.45) is 1.05. The Morgan fingerprint density at radius 2 is 1.53 bits per heavy atom. The minimum Gasteiger partial charge on any atom is -0.370 e. The maximum atomic E-state index is 13.6. The molecule has 43 heavy (non-hydrogen) atoms. The first kappa shape index (κ1) is 34.8. The highest BCUT2D eigenvalue weighted by Crippen LogP contribution is 2.20. The van der Waals surface area contributed by atoms with Gasteiger partial charge in [0.15, 0.2) is 5.96 Å². The van der Waals surface area contributed by atoms with E-state index in [0.29, 0.717) is 29.8 Å². The number of likely N-dealkylation sites (tertiary alicyclic amines) is 1. The van der Waals surface area contributed by atoms with E-state index in [1.54, 1.807) is 24.3 Å². The Kier molecular flexibility index (Phi) is 13.7. The summed E-state index contributed by atoms with van der Waals surface area (Å²) in [5, 5.41) is 8.24. The Hall–Kier alpha value is -4.40. The first-order valence-electron chi connectivity index (χ1n) is 13.8. The lowest BCUT2D eigenvalue weighted by Crippen LogP contribution is -2.58. The van der Waals surface area contributed by atoms with Gasteiger partial charge in [-0.2, -0.15) is 0 Å². The predicted octanol–water partition coefficient (Wildman–Crippen LogP) is -1.85. The van der Waals surface area contributed by atoms with Gasteiger partial charge in [0.1, 0.15) is 24.2 Å². The van der Waals surface area contributed by atoms with E-state index < -0.39 is 59.6 Å². The van der Waals surface area contributed by atoms with Crippen molar-refractivity contribution in [2.24, 2.45) is 27.9 Å². The largest absolute Gasteiger partial charge is 0.370 e. The molecule has 1 aromatic rings. The number of benzene rings is 1. The zero-order valence-electron chi connectivity index (χ0n) is 24.0. The number of nitrogens with zero attached hydrogens (tertiary/aromatic N) is 2. The van der Waals surface area contributed by atoms with Crippen molar-refractivity contribution in [3.8, 4) is 0 Å². The number of rotatable bonds is 16. The maximum Gasteiger partial charge on any atom is 0.246 e. The van der Waals surface area contributed by atoms with Gasteiger partial charge >= 0.3 is 0 Å². The molecule has 11 N–H and O–H groups in total. The molecule has 0 aliphatic carbocycles. The molecule has 0 radical (unpaired) electrons. The van der Waals surface area contributed by atoms with Gasteiger partial charge in [-0.3, -0.25) is 33.8 Å². The van der Waals surface area contributed by atoms with Gasteiger partial charge in [-0.05, 0) is 49.8 Å². The highest BCUT2D eigenvalue weighted by molar-refractivity contribution is 6.30. The third-order valence-corrected chi connectivity index (χ3v) is 7.04. The van der Waals surface area contributed by atoms with Gasteiger partial charge in [-0.1, -0.05) is 23.7 Å². The lowest BCUT2D eigenvalue weighted by Gasteiger charge is -2.29. The Bertz CT molecular complexity index is 1210. The van der Waals surface area contributed by atoms with E-state index >= 15 is 0 Å². The van der Waals surface area contributed by atoms with Crippen LogP contribution in [-0.2, 0) is 35.2 Å². The van der Waals surface area contributed by atoms with Crippen molar-refractivity contribution in [1.82, 2.24) is 20.9 Å². The minimum absolute atomic E-state index is 0.0412. The minimum atomic E-state index is -1.29. The van der Waals surface area contributed by atoms with E-state index in [2.05, 4.69) is 20.9 Å². The van der Waals surface area contributed by atoms with Crippen LogP contribution in [0.2, 0.25) is 5.02 Å². The highest BCUT2D eigenvalue weighted by atomic mass is 35.5. The number of carbonyl (C=O) groups is 6. The Morgan fingerprint density at radius 1 is 0.930 bits per heavy atom. The number of carbonyl (C=O) groups excluding carboxylic acids is 6. The second-order valence-corrected chi connectivity index (χ2v) is 10.7. The van der Waals surface area contributed by atoms with Crippen molar-refractivity contribution in [3.05, 3.63) is 34.9 Å². The van der Waals surface area contributed by atoms with E-state index in [1.165, 1.54) is 11.8 Å². The van der Waals surface area contributed by atoms with E-state index in [0.717, 1.165) is 0 Å². The number of hydrogen-bond acceptors (Lipinski definition) is 7. The molecule has 0 bridgehead atoms. The van der Waals surface area contributed by atoms with Gasteiger partial charge < -0.3 is 43.8 Å². The third kappa shape index (κ3) is 11.8. The molecule has 1 aliphatic rings. The van der Waals surface area contributed by atoms with Gasteiger partial charge in [0.2, 0.25) is 35.4 Å². The number of nitrogens with one attached hydrogen (secondary N) is 3. The molecule has 0 unspecified atom stereocenters.